The van der Waals surface area contributed by atoms with Crippen LogP contribution in [0.3, 0.4) is 0 Å². The number of hydrogen-bond acceptors (Lipinski definition) is 4. The highest BCUT2D eigenvalue weighted by molar-refractivity contribution is 5.97. The van der Waals surface area contributed by atoms with Crippen LogP contribution in [-0.2, 0) is 9.59 Å². The van der Waals surface area contributed by atoms with Crippen molar-refractivity contribution in [3.63, 3.8) is 0 Å². The molecule has 7 nitrogen and oxygen atoms in total. The van der Waals surface area contributed by atoms with Gasteiger partial charge in [0.05, 0.1) is 6.54 Å². The minimum atomic E-state index is -0.219. The Bertz CT molecular complexity index is 878. The first kappa shape index (κ1) is 22.9. The molecule has 0 heterocycles. The van der Waals surface area contributed by atoms with Crippen molar-refractivity contribution >= 4 is 34.8 Å². The summed E-state index contributed by atoms with van der Waals surface area (Å²) in [5, 5.41) is 11.6. The first-order chi connectivity index (χ1) is 14.3. The van der Waals surface area contributed by atoms with E-state index in [2.05, 4.69) is 21.3 Å². The molecule has 7 heteroatoms. The number of amides is 3. The van der Waals surface area contributed by atoms with E-state index in [1.807, 2.05) is 33.8 Å². The van der Waals surface area contributed by atoms with Crippen LogP contribution in [0.5, 0.6) is 0 Å². The van der Waals surface area contributed by atoms with Gasteiger partial charge in [-0.05, 0) is 55.8 Å². The number of hydrogen-bond donors (Lipinski definition) is 4. The summed E-state index contributed by atoms with van der Waals surface area (Å²) in [5.74, 6) is -0.525. The van der Waals surface area contributed by atoms with Crippen molar-refractivity contribution in [3.05, 3.63) is 54.1 Å². The molecule has 3 amide bonds. The van der Waals surface area contributed by atoms with Crippen LogP contribution in [0.15, 0.2) is 48.5 Å². The number of benzene rings is 2. The van der Waals surface area contributed by atoms with Crippen LogP contribution in [0, 0.1) is 5.92 Å². The maximum absolute atomic E-state index is 12.2. The van der Waals surface area contributed by atoms with Gasteiger partial charge in [-0.2, -0.15) is 0 Å². The van der Waals surface area contributed by atoms with Crippen molar-refractivity contribution in [1.82, 2.24) is 5.32 Å². The lowest BCUT2D eigenvalue weighted by Crippen LogP contribution is -2.31. The Balaban J connectivity index is 1.86. The summed E-state index contributed by atoms with van der Waals surface area (Å²) in [6.45, 7) is 7.68. The molecule has 0 radical (unpaired) electrons. The first-order valence-electron chi connectivity index (χ1n) is 10.1. The Kier molecular flexibility index (Phi) is 8.41. The molecule has 4 N–H and O–H groups in total. The summed E-state index contributed by atoms with van der Waals surface area (Å²) in [5.41, 5.74) is 2.56. The number of carbonyl (C=O) groups excluding carboxylic acids is 3. The Morgan fingerprint density at radius 2 is 1.53 bits per heavy atom. The normalized spacial score (nSPS) is 11.5. The quantitative estimate of drug-likeness (QED) is 0.504. The fourth-order valence-electron chi connectivity index (χ4n) is 2.50. The second-order valence-corrected chi connectivity index (χ2v) is 7.49. The van der Waals surface area contributed by atoms with Gasteiger partial charge < -0.3 is 21.3 Å². The minimum Gasteiger partial charge on any atom is -0.376 e. The molecule has 0 spiro atoms. The number of nitrogens with one attached hydrogen (secondary N) is 4. The van der Waals surface area contributed by atoms with Crippen molar-refractivity contribution < 1.29 is 14.4 Å². The van der Waals surface area contributed by atoms with E-state index in [0.717, 1.165) is 12.1 Å². The van der Waals surface area contributed by atoms with E-state index in [0.29, 0.717) is 16.9 Å². The van der Waals surface area contributed by atoms with Crippen molar-refractivity contribution in [2.24, 2.45) is 5.92 Å². The minimum absolute atomic E-state index is 0.0637. The summed E-state index contributed by atoms with van der Waals surface area (Å²) >= 11 is 0. The summed E-state index contributed by atoms with van der Waals surface area (Å²) in [6, 6.07) is 14.1. The molecule has 0 aliphatic rings. The van der Waals surface area contributed by atoms with Crippen LogP contribution in [0.4, 0.5) is 17.1 Å². The largest absolute Gasteiger partial charge is 0.376 e. The number of rotatable bonds is 9. The molecule has 0 fully saturated rings. The van der Waals surface area contributed by atoms with Crippen LogP contribution in [0.25, 0.3) is 0 Å². The lowest BCUT2D eigenvalue weighted by Gasteiger charge is -2.12. The summed E-state index contributed by atoms with van der Waals surface area (Å²) in [6.07, 6.45) is 0.861. The van der Waals surface area contributed by atoms with Gasteiger partial charge in [-0.3, -0.25) is 14.4 Å². The second kappa shape index (κ2) is 11.0. The zero-order chi connectivity index (χ0) is 22.1. The highest BCUT2D eigenvalue weighted by Gasteiger charge is 2.10. The Morgan fingerprint density at radius 3 is 2.17 bits per heavy atom. The Labute approximate surface area is 177 Å². The maximum Gasteiger partial charge on any atom is 0.251 e. The topological polar surface area (TPSA) is 99.3 Å². The zero-order valence-corrected chi connectivity index (χ0v) is 17.9. The molecule has 0 bridgehead atoms. The average molecular weight is 411 g/mol. The van der Waals surface area contributed by atoms with E-state index in [-0.39, 0.29) is 36.2 Å². The van der Waals surface area contributed by atoms with Crippen molar-refractivity contribution in [3.8, 4) is 0 Å². The molecule has 0 aromatic heterocycles. The van der Waals surface area contributed by atoms with E-state index >= 15 is 0 Å². The van der Waals surface area contributed by atoms with E-state index in [9.17, 15) is 14.4 Å². The van der Waals surface area contributed by atoms with Gasteiger partial charge in [-0.15, -0.1) is 0 Å². The van der Waals surface area contributed by atoms with Gasteiger partial charge in [0.1, 0.15) is 0 Å². The van der Waals surface area contributed by atoms with Gasteiger partial charge in [0, 0.05) is 34.6 Å². The molecule has 1 unspecified atom stereocenters. The molecular weight excluding hydrogens is 380 g/mol. The van der Waals surface area contributed by atoms with Gasteiger partial charge in [-0.25, -0.2) is 0 Å². The van der Waals surface area contributed by atoms with Crippen LogP contribution in [0.2, 0.25) is 0 Å². The van der Waals surface area contributed by atoms with E-state index in [1.165, 1.54) is 0 Å². The van der Waals surface area contributed by atoms with E-state index in [4.69, 9.17) is 0 Å². The number of carbonyl (C=O) groups is 3. The molecular formula is C23H30N4O3. The highest BCUT2D eigenvalue weighted by atomic mass is 16.2. The fraction of sp³-hybridized carbons (Fsp3) is 0.348. The molecule has 0 saturated heterocycles. The van der Waals surface area contributed by atoms with Crippen molar-refractivity contribution in [2.45, 2.75) is 40.2 Å². The third kappa shape index (κ3) is 7.24. The molecule has 30 heavy (non-hydrogen) atoms. The van der Waals surface area contributed by atoms with Gasteiger partial charge in [-0.1, -0.05) is 26.8 Å². The first-order valence-corrected chi connectivity index (χ1v) is 10.1. The zero-order valence-electron chi connectivity index (χ0n) is 17.9. The smallest absolute Gasteiger partial charge is 0.251 e. The predicted molar refractivity (Wildman–Crippen MR) is 121 cm³/mol. The van der Waals surface area contributed by atoms with Gasteiger partial charge in [0.25, 0.3) is 5.91 Å². The molecule has 160 valence electrons. The summed E-state index contributed by atoms with van der Waals surface area (Å²) < 4.78 is 0. The molecule has 0 aliphatic heterocycles. The fourth-order valence-corrected chi connectivity index (χ4v) is 2.50. The molecule has 2 rings (SSSR count). The van der Waals surface area contributed by atoms with E-state index < -0.39 is 0 Å². The highest BCUT2D eigenvalue weighted by Crippen LogP contribution is 2.16. The molecule has 2 aromatic rings. The summed E-state index contributed by atoms with van der Waals surface area (Å²) in [4.78, 5) is 36.1. The third-order valence-electron chi connectivity index (χ3n) is 4.53. The Morgan fingerprint density at radius 1 is 0.867 bits per heavy atom. The lowest BCUT2D eigenvalue weighted by molar-refractivity contribution is -0.119. The summed E-state index contributed by atoms with van der Waals surface area (Å²) in [7, 11) is 0. The molecule has 0 saturated carbocycles. The van der Waals surface area contributed by atoms with Crippen LogP contribution in [-0.4, -0.2) is 30.3 Å². The molecule has 2 aromatic carbocycles. The standard InChI is InChI=1S/C23H30N4O3/c1-5-16(4)25-23(30)17-9-11-18(12-10-17)26-21(28)14-24-19-7-6-8-20(13-19)27-22(29)15(2)3/h6-13,15-16,24H,5,14H2,1-4H3,(H,25,30)(H,26,28)(H,27,29). The van der Waals surface area contributed by atoms with Gasteiger partial charge in [0.2, 0.25) is 11.8 Å². The van der Waals surface area contributed by atoms with Crippen molar-refractivity contribution in [1.29, 1.82) is 0 Å². The predicted octanol–water partition coefficient (Wildman–Crippen LogP) is 3.86. The lowest BCUT2D eigenvalue weighted by atomic mass is 10.1. The van der Waals surface area contributed by atoms with Crippen LogP contribution < -0.4 is 21.3 Å². The van der Waals surface area contributed by atoms with Gasteiger partial charge in [0.15, 0.2) is 0 Å². The average Bonchev–Trinajstić information content (AvgIpc) is 2.72. The number of anilines is 3. The van der Waals surface area contributed by atoms with Crippen molar-refractivity contribution in [2.75, 3.05) is 22.5 Å². The monoisotopic (exact) mass is 410 g/mol. The van der Waals surface area contributed by atoms with Crippen LogP contribution in [0.1, 0.15) is 44.5 Å². The van der Waals surface area contributed by atoms with Gasteiger partial charge >= 0.3 is 0 Å². The molecule has 0 aliphatic carbocycles. The third-order valence-corrected chi connectivity index (χ3v) is 4.53. The second-order valence-electron chi connectivity index (χ2n) is 7.49. The SMILES string of the molecule is CCC(C)NC(=O)c1ccc(NC(=O)CNc2cccc(NC(=O)C(C)C)c2)cc1. The maximum atomic E-state index is 12.2. The molecule has 1 atom stereocenters. The van der Waals surface area contributed by atoms with E-state index in [1.54, 1.807) is 42.5 Å². The Hall–Kier alpha value is -3.35. The van der Waals surface area contributed by atoms with Crippen LogP contribution >= 0.6 is 0 Å².